The van der Waals surface area contributed by atoms with Crippen LogP contribution in [-0.2, 0) is 4.79 Å². The molecule has 1 aliphatic heterocycles. The van der Waals surface area contributed by atoms with Crippen LogP contribution < -0.4 is 5.32 Å². The largest absolute Gasteiger partial charge is 0.478 e. The fraction of sp³-hybridized carbons (Fsp3) is 0.385. The Bertz CT molecular complexity index is 519. The highest BCUT2D eigenvalue weighted by Gasteiger charge is 2.27. The Morgan fingerprint density at radius 3 is 2.79 bits per heavy atom. The maximum atomic E-state index is 12.1. The Morgan fingerprint density at radius 2 is 2.21 bits per heavy atom. The van der Waals surface area contributed by atoms with Gasteiger partial charge in [-0.15, -0.1) is 0 Å². The van der Waals surface area contributed by atoms with Gasteiger partial charge < -0.3 is 15.3 Å². The number of benzene rings is 1. The van der Waals surface area contributed by atoms with Crippen molar-refractivity contribution in [3.63, 3.8) is 0 Å². The molecule has 102 valence electrons. The van der Waals surface area contributed by atoms with Gasteiger partial charge in [0.1, 0.15) is 0 Å². The van der Waals surface area contributed by atoms with Gasteiger partial charge in [-0.3, -0.25) is 4.79 Å². The number of carboxylic acids is 1. The van der Waals surface area contributed by atoms with E-state index in [0.717, 1.165) is 13.0 Å². The summed E-state index contributed by atoms with van der Waals surface area (Å²) in [5.41, 5.74) is 0.420. The number of aromatic carboxylic acids is 1. The molecule has 0 saturated carbocycles. The zero-order chi connectivity index (χ0) is 14.0. The molecule has 1 aliphatic rings. The highest BCUT2D eigenvalue weighted by molar-refractivity contribution is 9.10. The zero-order valence-corrected chi connectivity index (χ0v) is 12.1. The number of carbonyl (C=O) groups is 2. The molecule has 0 radical (unpaired) electrons. The molecule has 0 bridgehead atoms. The molecule has 2 N–H and O–H groups in total. The van der Waals surface area contributed by atoms with Gasteiger partial charge in [0.25, 0.3) is 0 Å². The van der Waals surface area contributed by atoms with Crippen molar-refractivity contribution >= 4 is 33.5 Å². The van der Waals surface area contributed by atoms with E-state index in [1.165, 1.54) is 6.07 Å². The van der Waals surface area contributed by atoms with Crippen molar-refractivity contribution in [1.82, 2.24) is 4.90 Å². The first-order valence-corrected chi connectivity index (χ1v) is 6.79. The molecule has 1 atom stereocenters. The summed E-state index contributed by atoms with van der Waals surface area (Å²) >= 11 is 3.28. The molecule has 1 aromatic carbocycles. The van der Waals surface area contributed by atoms with Crippen LogP contribution in [0.4, 0.5) is 5.69 Å². The third-order valence-electron chi connectivity index (χ3n) is 3.25. The van der Waals surface area contributed by atoms with Crippen molar-refractivity contribution in [1.29, 1.82) is 0 Å². The molecule has 0 spiro atoms. The van der Waals surface area contributed by atoms with Gasteiger partial charge in [-0.25, -0.2) is 4.79 Å². The normalized spacial score (nSPS) is 19.4. The number of nitrogens with zero attached hydrogens (tertiary/aromatic N) is 1. The number of rotatable bonds is 3. The molecule has 0 aromatic heterocycles. The van der Waals surface area contributed by atoms with Gasteiger partial charge in [-0.05, 0) is 48.1 Å². The fourth-order valence-electron chi connectivity index (χ4n) is 2.20. The molecule has 5 nitrogen and oxygen atoms in total. The fourth-order valence-corrected chi connectivity index (χ4v) is 2.67. The van der Waals surface area contributed by atoms with Crippen molar-refractivity contribution in [2.24, 2.45) is 5.92 Å². The van der Waals surface area contributed by atoms with Gasteiger partial charge in [-0.2, -0.15) is 0 Å². The minimum absolute atomic E-state index is 0.0845. The number of amides is 1. The van der Waals surface area contributed by atoms with E-state index >= 15 is 0 Å². The quantitative estimate of drug-likeness (QED) is 0.891. The van der Waals surface area contributed by atoms with Crippen LogP contribution in [0, 0.1) is 5.92 Å². The minimum Gasteiger partial charge on any atom is -0.478 e. The van der Waals surface area contributed by atoms with Gasteiger partial charge in [0.2, 0.25) is 5.91 Å². The monoisotopic (exact) mass is 326 g/mol. The van der Waals surface area contributed by atoms with Crippen molar-refractivity contribution in [2.45, 2.75) is 6.42 Å². The average molecular weight is 327 g/mol. The Balaban J connectivity index is 2.19. The van der Waals surface area contributed by atoms with E-state index in [4.69, 9.17) is 5.11 Å². The first-order valence-electron chi connectivity index (χ1n) is 6.00. The number of carboxylic acid groups (broad SMARTS) is 1. The predicted molar refractivity (Wildman–Crippen MR) is 75.3 cm³/mol. The van der Waals surface area contributed by atoms with Crippen LogP contribution in [0.25, 0.3) is 0 Å². The predicted octanol–water partition coefficient (Wildman–Crippen LogP) is 2.04. The van der Waals surface area contributed by atoms with Gasteiger partial charge in [0.15, 0.2) is 0 Å². The topological polar surface area (TPSA) is 69.6 Å². The maximum absolute atomic E-state index is 12.1. The summed E-state index contributed by atoms with van der Waals surface area (Å²) < 4.78 is 0.576. The lowest BCUT2D eigenvalue weighted by atomic mass is 10.1. The number of anilines is 1. The number of para-hydroxylation sites is 1. The van der Waals surface area contributed by atoms with Crippen molar-refractivity contribution in [3.05, 3.63) is 28.2 Å². The van der Waals surface area contributed by atoms with Crippen LogP contribution in [0.3, 0.4) is 0 Å². The van der Waals surface area contributed by atoms with Crippen LogP contribution in [0.5, 0.6) is 0 Å². The Hall–Kier alpha value is -1.40. The molecule has 1 saturated heterocycles. The molecule has 1 fully saturated rings. The maximum Gasteiger partial charge on any atom is 0.337 e. The van der Waals surface area contributed by atoms with Gasteiger partial charge in [0.05, 0.1) is 17.2 Å². The summed E-state index contributed by atoms with van der Waals surface area (Å²) in [6.45, 7) is 1.60. The number of nitrogens with one attached hydrogen (secondary N) is 1. The van der Waals surface area contributed by atoms with Gasteiger partial charge in [0, 0.05) is 11.0 Å². The zero-order valence-electron chi connectivity index (χ0n) is 10.5. The summed E-state index contributed by atoms with van der Waals surface area (Å²) in [6, 6.07) is 4.82. The first kappa shape index (κ1) is 14.0. The lowest BCUT2D eigenvalue weighted by Crippen LogP contribution is -2.26. The number of hydrogen-bond acceptors (Lipinski definition) is 3. The highest BCUT2D eigenvalue weighted by Crippen LogP contribution is 2.28. The molecule has 1 unspecified atom stereocenters. The van der Waals surface area contributed by atoms with E-state index in [0.29, 0.717) is 16.7 Å². The number of carbonyl (C=O) groups excluding carboxylic acids is 1. The van der Waals surface area contributed by atoms with E-state index in [1.807, 2.05) is 7.05 Å². The SMILES string of the molecule is CN1CCC(C(=O)Nc2c(Br)cccc2C(=O)O)C1. The molecule has 1 amide bonds. The van der Waals surface area contributed by atoms with Crippen LogP contribution in [0.15, 0.2) is 22.7 Å². The van der Waals surface area contributed by atoms with E-state index in [2.05, 4.69) is 26.1 Å². The molecule has 1 heterocycles. The lowest BCUT2D eigenvalue weighted by Gasteiger charge is -2.14. The summed E-state index contributed by atoms with van der Waals surface area (Å²) in [6.07, 6.45) is 0.801. The van der Waals surface area contributed by atoms with Crippen LogP contribution in [0.2, 0.25) is 0 Å². The molecular formula is C13H15BrN2O3. The van der Waals surface area contributed by atoms with Crippen molar-refractivity contribution < 1.29 is 14.7 Å². The van der Waals surface area contributed by atoms with E-state index in [1.54, 1.807) is 12.1 Å². The Kier molecular flexibility index (Phi) is 4.21. The third kappa shape index (κ3) is 3.13. The molecule has 1 aromatic rings. The lowest BCUT2D eigenvalue weighted by molar-refractivity contribution is -0.119. The number of hydrogen-bond donors (Lipinski definition) is 2. The smallest absolute Gasteiger partial charge is 0.337 e. The molecule has 2 rings (SSSR count). The molecular weight excluding hydrogens is 312 g/mol. The number of likely N-dealkylation sites (tertiary alicyclic amines) is 1. The van der Waals surface area contributed by atoms with Gasteiger partial charge >= 0.3 is 5.97 Å². The first-order chi connectivity index (χ1) is 8.99. The standard InChI is InChI=1S/C13H15BrN2O3/c1-16-6-5-8(7-16)12(17)15-11-9(13(18)19)3-2-4-10(11)14/h2-4,8H,5-7H2,1H3,(H,15,17)(H,18,19). The highest BCUT2D eigenvalue weighted by atomic mass is 79.9. The van der Waals surface area contributed by atoms with Crippen LogP contribution in [0.1, 0.15) is 16.8 Å². The van der Waals surface area contributed by atoms with E-state index < -0.39 is 5.97 Å². The summed E-state index contributed by atoms with van der Waals surface area (Å²) in [5.74, 6) is -1.27. The van der Waals surface area contributed by atoms with E-state index in [9.17, 15) is 9.59 Å². The van der Waals surface area contributed by atoms with E-state index in [-0.39, 0.29) is 17.4 Å². The number of halogens is 1. The van der Waals surface area contributed by atoms with Crippen LogP contribution in [-0.4, -0.2) is 42.0 Å². The second-order valence-corrected chi connectivity index (χ2v) is 5.56. The second kappa shape index (κ2) is 5.71. The Labute approximate surface area is 119 Å². The second-order valence-electron chi connectivity index (χ2n) is 4.70. The van der Waals surface area contributed by atoms with Gasteiger partial charge in [-0.1, -0.05) is 6.07 Å². The van der Waals surface area contributed by atoms with Crippen LogP contribution >= 0.6 is 15.9 Å². The molecule has 6 heteroatoms. The summed E-state index contributed by atoms with van der Waals surface area (Å²) in [7, 11) is 1.97. The minimum atomic E-state index is -1.06. The van der Waals surface area contributed by atoms with Crippen molar-refractivity contribution in [2.75, 3.05) is 25.5 Å². The average Bonchev–Trinajstić information content (AvgIpc) is 2.78. The third-order valence-corrected chi connectivity index (χ3v) is 3.92. The van der Waals surface area contributed by atoms with Crippen molar-refractivity contribution in [3.8, 4) is 0 Å². The summed E-state index contributed by atoms with van der Waals surface area (Å²) in [4.78, 5) is 25.4. The summed E-state index contributed by atoms with van der Waals surface area (Å²) in [5, 5.41) is 11.9. The molecule has 0 aliphatic carbocycles. The molecule has 19 heavy (non-hydrogen) atoms. The Morgan fingerprint density at radius 1 is 1.47 bits per heavy atom.